The molecule has 0 fully saturated rings. The van der Waals surface area contributed by atoms with Gasteiger partial charge in [-0.05, 0) is 48.5 Å². The second-order valence-electron chi connectivity index (χ2n) is 5.80. The van der Waals surface area contributed by atoms with Crippen molar-refractivity contribution in [2.24, 2.45) is 0 Å². The highest BCUT2D eigenvalue weighted by Crippen LogP contribution is 2.19. The maximum Gasteiger partial charge on any atom is 0.264 e. The van der Waals surface area contributed by atoms with Crippen LogP contribution < -0.4 is 19.1 Å². The van der Waals surface area contributed by atoms with Gasteiger partial charge in [0.25, 0.3) is 5.91 Å². The van der Waals surface area contributed by atoms with Gasteiger partial charge >= 0.3 is 0 Å². The van der Waals surface area contributed by atoms with E-state index in [9.17, 15) is 13.2 Å². The molecule has 2 aromatic rings. The molecule has 152 valence electrons. The van der Waals surface area contributed by atoms with Gasteiger partial charge in [0, 0.05) is 26.4 Å². The van der Waals surface area contributed by atoms with E-state index in [4.69, 9.17) is 14.2 Å². The summed E-state index contributed by atoms with van der Waals surface area (Å²) in [4.78, 5) is 13.9. The number of sulfonamides is 1. The number of likely N-dealkylation sites (N-methyl/N-ethyl adjacent to an activating group) is 1. The quantitative estimate of drug-likeness (QED) is 0.601. The molecular formula is C19H24N2O6S. The number of hydrogen-bond donors (Lipinski definition) is 1. The van der Waals surface area contributed by atoms with Gasteiger partial charge < -0.3 is 19.1 Å². The minimum absolute atomic E-state index is 0.109. The molecule has 0 saturated heterocycles. The largest absolute Gasteiger partial charge is 0.497 e. The van der Waals surface area contributed by atoms with Crippen molar-refractivity contribution >= 4 is 21.6 Å². The summed E-state index contributed by atoms with van der Waals surface area (Å²) in [6.45, 7) is 0.286. The second kappa shape index (κ2) is 10.1. The summed E-state index contributed by atoms with van der Waals surface area (Å²) in [7, 11) is 1.11. The number of nitrogens with zero attached hydrogens (tertiary/aromatic N) is 1. The molecule has 0 unspecified atom stereocenters. The number of methoxy groups -OCH3 is 2. The van der Waals surface area contributed by atoms with Gasteiger partial charge in [0.05, 0.1) is 18.6 Å². The third kappa shape index (κ3) is 5.95. The third-order valence-corrected chi connectivity index (χ3v) is 5.41. The lowest BCUT2D eigenvalue weighted by Crippen LogP contribution is -2.31. The van der Waals surface area contributed by atoms with E-state index < -0.39 is 10.0 Å². The van der Waals surface area contributed by atoms with Crippen LogP contribution in [0, 0.1) is 0 Å². The van der Waals surface area contributed by atoms with E-state index >= 15 is 0 Å². The molecule has 0 radical (unpaired) electrons. The number of carbonyl (C=O) groups excluding carboxylic acids is 1. The molecule has 0 saturated carbocycles. The molecule has 0 heterocycles. The molecule has 1 amide bonds. The van der Waals surface area contributed by atoms with Crippen molar-refractivity contribution in [3.63, 3.8) is 0 Å². The number of nitrogens with one attached hydrogen (secondary N) is 1. The van der Waals surface area contributed by atoms with Crippen LogP contribution in [-0.2, 0) is 19.6 Å². The average Bonchev–Trinajstić information content (AvgIpc) is 2.72. The Morgan fingerprint density at radius 1 is 1.00 bits per heavy atom. The normalized spacial score (nSPS) is 11.1. The van der Waals surface area contributed by atoms with E-state index in [0.29, 0.717) is 17.2 Å². The fourth-order valence-electron chi connectivity index (χ4n) is 2.27. The van der Waals surface area contributed by atoms with Crippen LogP contribution >= 0.6 is 0 Å². The maximum absolute atomic E-state index is 12.3. The number of carbonyl (C=O) groups is 1. The third-order valence-electron chi connectivity index (χ3n) is 3.93. The highest BCUT2D eigenvalue weighted by Gasteiger charge is 2.15. The molecule has 8 nitrogen and oxygen atoms in total. The highest BCUT2D eigenvalue weighted by atomic mass is 32.2. The Bertz CT molecular complexity index is 866. The Morgan fingerprint density at radius 3 is 2.18 bits per heavy atom. The predicted molar refractivity (Wildman–Crippen MR) is 105 cm³/mol. The van der Waals surface area contributed by atoms with Gasteiger partial charge in [0.2, 0.25) is 10.0 Å². The standard InChI is InChI=1S/C19H24N2O6S/c1-21(15-4-6-16(26-3)7-5-15)19(22)14-27-17-8-10-18(11-9-17)28(23,24)20-12-13-25-2/h4-11,20H,12-14H2,1-3H3. The van der Waals surface area contributed by atoms with Gasteiger partial charge in [0.1, 0.15) is 11.5 Å². The number of ether oxygens (including phenoxy) is 3. The first-order valence-electron chi connectivity index (χ1n) is 8.49. The van der Waals surface area contributed by atoms with Crippen molar-refractivity contribution < 1.29 is 27.4 Å². The summed E-state index contributed by atoms with van der Waals surface area (Å²) in [5.74, 6) is 0.850. The Labute approximate surface area is 165 Å². The molecule has 0 aliphatic carbocycles. The lowest BCUT2D eigenvalue weighted by atomic mass is 10.3. The van der Waals surface area contributed by atoms with Crippen LogP contribution in [0.1, 0.15) is 0 Å². The molecule has 2 aromatic carbocycles. The van der Waals surface area contributed by atoms with Crippen molar-refractivity contribution in [3.05, 3.63) is 48.5 Å². The van der Waals surface area contributed by atoms with Crippen molar-refractivity contribution in [2.75, 3.05) is 45.9 Å². The highest BCUT2D eigenvalue weighted by molar-refractivity contribution is 7.89. The topological polar surface area (TPSA) is 94.2 Å². The van der Waals surface area contributed by atoms with Gasteiger partial charge in [-0.2, -0.15) is 0 Å². The lowest BCUT2D eigenvalue weighted by molar-refractivity contribution is -0.120. The maximum atomic E-state index is 12.3. The monoisotopic (exact) mass is 408 g/mol. The minimum atomic E-state index is -3.61. The van der Waals surface area contributed by atoms with Crippen molar-refractivity contribution in [1.29, 1.82) is 0 Å². The summed E-state index contributed by atoms with van der Waals surface area (Å²) < 4.78 is 42.0. The molecule has 0 spiro atoms. The zero-order valence-corrected chi connectivity index (χ0v) is 16.9. The molecule has 0 atom stereocenters. The molecule has 28 heavy (non-hydrogen) atoms. The first kappa shape index (κ1) is 21.7. The van der Waals surface area contributed by atoms with Gasteiger partial charge in [-0.15, -0.1) is 0 Å². The predicted octanol–water partition coefficient (Wildman–Crippen LogP) is 1.66. The van der Waals surface area contributed by atoms with E-state index in [0.717, 1.165) is 0 Å². The Hall–Kier alpha value is -2.62. The van der Waals surface area contributed by atoms with E-state index in [1.54, 1.807) is 38.4 Å². The number of benzene rings is 2. The number of rotatable bonds is 10. The Kier molecular flexibility index (Phi) is 7.80. The van der Waals surface area contributed by atoms with Crippen LogP contribution in [-0.4, -0.2) is 55.4 Å². The second-order valence-corrected chi connectivity index (χ2v) is 7.57. The fourth-order valence-corrected chi connectivity index (χ4v) is 3.28. The smallest absolute Gasteiger partial charge is 0.264 e. The SMILES string of the molecule is COCCNS(=O)(=O)c1ccc(OCC(=O)N(C)c2ccc(OC)cc2)cc1. The lowest BCUT2D eigenvalue weighted by Gasteiger charge is -2.18. The number of amides is 1. The number of hydrogen-bond acceptors (Lipinski definition) is 6. The molecular weight excluding hydrogens is 384 g/mol. The zero-order valence-electron chi connectivity index (χ0n) is 16.0. The first-order valence-corrected chi connectivity index (χ1v) is 9.98. The van der Waals surface area contributed by atoms with Crippen LogP contribution in [0.2, 0.25) is 0 Å². The van der Waals surface area contributed by atoms with Crippen LogP contribution in [0.3, 0.4) is 0 Å². The van der Waals surface area contributed by atoms with Crippen molar-refractivity contribution in [3.8, 4) is 11.5 Å². The summed E-state index contributed by atoms with van der Waals surface area (Å²) in [5.41, 5.74) is 0.706. The van der Waals surface area contributed by atoms with Crippen LogP contribution in [0.5, 0.6) is 11.5 Å². The molecule has 2 rings (SSSR count). The van der Waals surface area contributed by atoms with Crippen molar-refractivity contribution in [2.45, 2.75) is 4.90 Å². The van der Waals surface area contributed by atoms with Gasteiger partial charge in [0.15, 0.2) is 6.61 Å². The zero-order chi connectivity index (χ0) is 20.6. The van der Waals surface area contributed by atoms with Crippen LogP contribution in [0.4, 0.5) is 5.69 Å². The number of anilines is 1. The first-order chi connectivity index (χ1) is 13.4. The fraction of sp³-hybridized carbons (Fsp3) is 0.316. The van der Waals surface area contributed by atoms with Crippen LogP contribution in [0.15, 0.2) is 53.4 Å². The van der Waals surface area contributed by atoms with Gasteiger partial charge in [-0.3, -0.25) is 4.79 Å². The minimum Gasteiger partial charge on any atom is -0.497 e. The molecule has 0 aliphatic rings. The molecule has 0 aliphatic heterocycles. The summed E-state index contributed by atoms with van der Waals surface area (Å²) >= 11 is 0. The van der Waals surface area contributed by atoms with E-state index in [1.165, 1.54) is 36.3 Å². The molecule has 1 N–H and O–H groups in total. The van der Waals surface area contributed by atoms with E-state index in [2.05, 4.69) is 4.72 Å². The Balaban J connectivity index is 1.92. The van der Waals surface area contributed by atoms with E-state index in [1.807, 2.05) is 0 Å². The summed E-state index contributed by atoms with van der Waals surface area (Å²) in [5, 5.41) is 0. The summed E-state index contributed by atoms with van der Waals surface area (Å²) in [6, 6.07) is 12.9. The Morgan fingerprint density at radius 2 is 1.61 bits per heavy atom. The summed E-state index contributed by atoms with van der Waals surface area (Å²) in [6.07, 6.45) is 0. The van der Waals surface area contributed by atoms with E-state index in [-0.39, 0.29) is 30.6 Å². The molecule has 0 bridgehead atoms. The van der Waals surface area contributed by atoms with Gasteiger partial charge in [-0.1, -0.05) is 0 Å². The van der Waals surface area contributed by atoms with Crippen molar-refractivity contribution in [1.82, 2.24) is 4.72 Å². The molecule has 0 aromatic heterocycles. The average molecular weight is 408 g/mol. The van der Waals surface area contributed by atoms with Gasteiger partial charge in [-0.25, -0.2) is 13.1 Å². The van der Waals surface area contributed by atoms with Crippen LogP contribution in [0.25, 0.3) is 0 Å². The molecule has 9 heteroatoms.